The average Bonchev–Trinajstić information content (AvgIpc) is 3.32. The second kappa shape index (κ2) is 7.79. The van der Waals surface area contributed by atoms with Gasteiger partial charge in [0.1, 0.15) is 5.76 Å². The van der Waals surface area contributed by atoms with E-state index in [-0.39, 0.29) is 11.9 Å². The topological polar surface area (TPSA) is 42.2 Å². The third kappa shape index (κ3) is 4.37. The van der Waals surface area contributed by atoms with Gasteiger partial charge < -0.3 is 9.73 Å². The lowest BCUT2D eigenvalue weighted by Crippen LogP contribution is -2.46. The number of hydrogen-bond acceptors (Lipinski definition) is 2. The van der Waals surface area contributed by atoms with E-state index in [2.05, 4.69) is 5.32 Å². The monoisotopic (exact) mass is 379 g/mol. The predicted molar refractivity (Wildman–Crippen MR) is 96.2 cm³/mol. The quantitative estimate of drug-likeness (QED) is 0.745. The molecule has 3 rings (SSSR count). The molecule has 146 valence electrons. The molecule has 1 heterocycles. The van der Waals surface area contributed by atoms with Gasteiger partial charge in [0.25, 0.3) is 0 Å². The van der Waals surface area contributed by atoms with Crippen LogP contribution in [0.1, 0.15) is 55.9 Å². The van der Waals surface area contributed by atoms with Gasteiger partial charge in [0.15, 0.2) is 0 Å². The van der Waals surface area contributed by atoms with E-state index in [0.717, 1.165) is 30.7 Å². The van der Waals surface area contributed by atoms with Crippen LogP contribution in [-0.4, -0.2) is 11.9 Å². The van der Waals surface area contributed by atoms with Crippen molar-refractivity contribution in [1.82, 2.24) is 5.32 Å². The van der Waals surface area contributed by atoms with Crippen molar-refractivity contribution < 1.29 is 22.4 Å². The van der Waals surface area contributed by atoms with E-state index in [4.69, 9.17) is 4.42 Å². The summed E-state index contributed by atoms with van der Waals surface area (Å²) in [6, 6.07) is 8.84. The fraction of sp³-hybridized carbons (Fsp3) is 0.476. The number of nitrogens with one attached hydrogen (secondary N) is 1. The molecule has 1 amide bonds. The van der Waals surface area contributed by atoms with E-state index in [9.17, 15) is 18.0 Å². The van der Waals surface area contributed by atoms with Crippen LogP contribution < -0.4 is 5.32 Å². The maximum atomic E-state index is 13.1. The zero-order chi connectivity index (χ0) is 19.5. The lowest BCUT2D eigenvalue weighted by atomic mass is 9.77. The first-order valence-electron chi connectivity index (χ1n) is 9.32. The van der Waals surface area contributed by atoms with Crippen molar-refractivity contribution in [3.8, 4) is 0 Å². The van der Waals surface area contributed by atoms with Gasteiger partial charge in [-0.25, -0.2) is 0 Å². The predicted octanol–water partition coefficient (Wildman–Crippen LogP) is 5.25. The number of hydrogen-bond donors (Lipinski definition) is 1. The fourth-order valence-electron chi connectivity index (χ4n) is 3.87. The number of halogens is 3. The molecule has 1 unspecified atom stereocenters. The second-order valence-electron chi connectivity index (χ2n) is 7.36. The van der Waals surface area contributed by atoms with E-state index >= 15 is 0 Å². The molecule has 2 aromatic rings. The summed E-state index contributed by atoms with van der Waals surface area (Å²) < 4.78 is 44.7. The Morgan fingerprint density at radius 1 is 1.22 bits per heavy atom. The van der Waals surface area contributed by atoms with Crippen LogP contribution in [0.3, 0.4) is 0 Å². The molecule has 0 radical (unpaired) electrons. The van der Waals surface area contributed by atoms with Gasteiger partial charge in [0.05, 0.1) is 17.2 Å². The molecule has 27 heavy (non-hydrogen) atoms. The Labute approximate surface area is 156 Å². The third-order valence-corrected chi connectivity index (χ3v) is 5.42. The number of rotatable bonds is 6. The van der Waals surface area contributed by atoms with Crippen molar-refractivity contribution in [3.05, 3.63) is 59.5 Å². The number of benzene rings is 1. The van der Waals surface area contributed by atoms with Crippen LogP contribution in [0, 0.1) is 0 Å². The normalized spacial score (nSPS) is 17.6. The van der Waals surface area contributed by atoms with Crippen LogP contribution in [0.25, 0.3) is 0 Å². The maximum Gasteiger partial charge on any atom is 0.416 e. The summed E-state index contributed by atoms with van der Waals surface area (Å²) in [6.07, 6.45) is 1.43. The van der Waals surface area contributed by atoms with Crippen LogP contribution >= 0.6 is 0 Å². The summed E-state index contributed by atoms with van der Waals surface area (Å²) in [4.78, 5) is 13.1. The molecular formula is C21H24F3NO2. The maximum absolute atomic E-state index is 13.1. The van der Waals surface area contributed by atoms with Crippen molar-refractivity contribution in [2.45, 2.75) is 63.1 Å². The summed E-state index contributed by atoms with van der Waals surface area (Å²) in [6.45, 7) is 1.91. The van der Waals surface area contributed by atoms with Crippen molar-refractivity contribution in [1.29, 1.82) is 0 Å². The molecule has 0 bridgehead atoms. The minimum atomic E-state index is -4.41. The molecule has 1 fully saturated rings. The molecule has 1 aromatic carbocycles. The molecule has 1 aliphatic carbocycles. The molecule has 1 aromatic heterocycles. The molecular weight excluding hydrogens is 355 g/mol. The van der Waals surface area contributed by atoms with Gasteiger partial charge in [-0.1, -0.05) is 31.0 Å². The largest absolute Gasteiger partial charge is 0.469 e. The third-order valence-electron chi connectivity index (χ3n) is 5.42. The molecule has 3 nitrogen and oxygen atoms in total. The molecule has 1 N–H and O–H groups in total. The lowest BCUT2D eigenvalue weighted by Gasteiger charge is -2.30. The highest BCUT2D eigenvalue weighted by atomic mass is 19.4. The van der Waals surface area contributed by atoms with Crippen molar-refractivity contribution in [3.63, 3.8) is 0 Å². The Morgan fingerprint density at radius 3 is 2.59 bits per heavy atom. The number of alkyl halides is 3. The van der Waals surface area contributed by atoms with Crippen LogP contribution in [0.2, 0.25) is 0 Å². The lowest BCUT2D eigenvalue weighted by molar-refractivity contribution is -0.138. The van der Waals surface area contributed by atoms with Crippen LogP contribution in [0.15, 0.2) is 47.1 Å². The van der Waals surface area contributed by atoms with E-state index in [1.54, 1.807) is 12.3 Å². The Morgan fingerprint density at radius 2 is 1.96 bits per heavy atom. The zero-order valence-corrected chi connectivity index (χ0v) is 15.3. The number of carbonyl (C=O) groups excluding carboxylic acids is 1. The van der Waals surface area contributed by atoms with Gasteiger partial charge in [-0.15, -0.1) is 0 Å². The smallest absolute Gasteiger partial charge is 0.416 e. The molecule has 0 saturated heterocycles. The van der Waals surface area contributed by atoms with Crippen LogP contribution in [0.5, 0.6) is 0 Å². The van der Waals surface area contributed by atoms with Crippen molar-refractivity contribution in [2.75, 3.05) is 0 Å². The average molecular weight is 379 g/mol. The Balaban J connectivity index is 1.75. The highest BCUT2D eigenvalue weighted by Crippen LogP contribution is 2.43. The fourth-order valence-corrected chi connectivity index (χ4v) is 3.87. The standard InChI is InChI=1S/C21H24F3NO2/c1-15(9-10-18-8-5-13-27-18)25-19(26)20(11-2-3-12-20)16-6-4-7-17(14-16)21(22,23)24/h4-8,13-15H,2-3,9-12H2,1H3,(H,25,26). The van der Waals surface area contributed by atoms with Gasteiger partial charge in [-0.3, -0.25) is 4.79 Å². The Bertz CT molecular complexity index is 762. The summed E-state index contributed by atoms with van der Waals surface area (Å²) in [5, 5.41) is 3.02. The Kier molecular flexibility index (Phi) is 5.63. The molecule has 0 aliphatic heterocycles. The number of carbonyl (C=O) groups is 1. The van der Waals surface area contributed by atoms with Crippen molar-refractivity contribution >= 4 is 5.91 Å². The number of aryl methyl sites for hydroxylation is 1. The van der Waals surface area contributed by atoms with E-state index in [0.29, 0.717) is 31.2 Å². The van der Waals surface area contributed by atoms with Gasteiger partial charge >= 0.3 is 6.18 Å². The SMILES string of the molecule is CC(CCc1ccco1)NC(=O)C1(c2cccc(C(F)(F)F)c2)CCCC1. The Hall–Kier alpha value is -2.24. The second-order valence-corrected chi connectivity index (χ2v) is 7.36. The van der Waals surface area contributed by atoms with Gasteiger partial charge in [-0.2, -0.15) is 13.2 Å². The molecule has 1 saturated carbocycles. The summed E-state index contributed by atoms with van der Waals surface area (Å²) in [5.41, 5.74) is -1.12. The summed E-state index contributed by atoms with van der Waals surface area (Å²) in [7, 11) is 0. The first-order valence-corrected chi connectivity index (χ1v) is 9.32. The van der Waals surface area contributed by atoms with Crippen LogP contribution in [-0.2, 0) is 22.8 Å². The summed E-state index contributed by atoms with van der Waals surface area (Å²) in [5.74, 6) is 0.677. The molecule has 6 heteroatoms. The first kappa shape index (κ1) is 19.5. The van der Waals surface area contributed by atoms with Gasteiger partial charge in [0.2, 0.25) is 5.91 Å². The minimum absolute atomic E-state index is 0.0918. The highest BCUT2D eigenvalue weighted by Gasteiger charge is 2.44. The highest BCUT2D eigenvalue weighted by molar-refractivity contribution is 5.88. The molecule has 1 atom stereocenters. The van der Waals surface area contributed by atoms with E-state index < -0.39 is 17.2 Å². The van der Waals surface area contributed by atoms with Gasteiger partial charge in [0, 0.05) is 12.5 Å². The van der Waals surface area contributed by atoms with Crippen LogP contribution in [0.4, 0.5) is 13.2 Å². The van der Waals surface area contributed by atoms with Crippen molar-refractivity contribution in [2.24, 2.45) is 0 Å². The summed E-state index contributed by atoms with van der Waals surface area (Å²) >= 11 is 0. The number of amides is 1. The van der Waals surface area contributed by atoms with E-state index in [1.165, 1.54) is 6.07 Å². The molecule has 0 spiro atoms. The minimum Gasteiger partial charge on any atom is -0.469 e. The first-order chi connectivity index (χ1) is 12.8. The van der Waals surface area contributed by atoms with Gasteiger partial charge in [-0.05, 0) is 49.9 Å². The van der Waals surface area contributed by atoms with E-state index in [1.807, 2.05) is 19.1 Å². The zero-order valence-electron chi connectivity index (χ0n) is 15.3. The number of furan rings is 1. The molecule has 1 aliphatic rings.